The van der Waals surface area contributed by atoms with Crippen molar-refractivity contribution in [1.82, 2.24) is 0 Å². The van der Waals surface area contributed by atoms with Gasteiger partial charge in [0, 0.05) is 5.92 Å². The second-order valence-electron chi connectivity index (χ2n) is 4.66. The van der Waals surface area contributed by atoms with Crippen molar-refractivity contribution in [2.75, 3.05) is 13.9 Å². The average molecular weight is 280 g/mol. The van der Waals surface area contributed by atoms with Gasteiger partial charge in [-0.1, -0.05) is 13.8 Å². The molecule has 0 aliphatic carbocycles. The van der Waals surface area contributed by atoms with E-state index in [2.05, 4.69) is 4.74 Å². The zero-order valence-electron chi connectivity index (χ0n) is 11.5. The summed E-state index contributed by atoms with van der Waals surface area (Å²) in [5.41, 5.74) is 0.295. The number of hydrogen-bond donors (Lipinski definition) is 0. The molecule has 1 aliphatic heterocycles. The van der Waals surface area contributed by atoms with E-state index in [1.807, 2.05) is 0 Å². The molecule has 0 saturated heterocycles. The molecule has 0 saturated carbocycles. The minimum absolute atomic E-state index is 0.130. The van der Waals surface area contributed by atoms with Crippen LogP contribution in [0.15, 0.2) is 18.2 Å². The van der Waals surface area contributed by atoms with Gasteiger partial charge in [0.15, 0.2) is 11.5 Å². The molecule has 0 N–H and O–H groups in total. The van der Waals surface area contributed by atoms with Gasteiger partial charge in [0.1, 0.15) is 0 Å². The maximum atomic E-state index is 12.1. The van der Waals surface area contributed by atoms with Gasteiger partial charge in [-0.2, -0.15) is 0 Å². The molecule has 1 aliphatic rings. The second kappa shape index (κ2) is 5.81. The van der Waals surface area contributed by atoms with E-state index in [0.29, 0.717) is 17.1 Å². The number of carbonyl (C=O) groups excluding carboxylic acids is 2. The van der Waals surface area contributed by atoms with Gasteiger partial charge in [0.05, 0.1) is 12.7 Å². The minimum atomic E-state index is -0.932. The van der Waals surface area contributed by atoms with Crippen LogP contribution >= 0.6 is 0 Å². The lowest BCUT2D eigenvalue weighted by Gasteiger charge is -2.18. The molecule has 0 aromatic heterocycles. The Morgan fingerprint density at radius 2 is 1.90 bits per heavy atom. The monoisotopic (exact) mass is 280 g/mol. The minimum Gasteiger partial charge on any atom is -0.466 e. The fourth-order valence-electron chi connectivity index (χ4n) is 1.78. The molecule has 6 nitrogen and oxygen atoms in total. The van der Waals surface area contributed by atoms with Crippen LogP contribution in [-0.4, -0.2) is 31.9 Å². The third-order valence-electron chi connectivity index (χ3n) is 2.88. The van der Waals surface area contributed by atoms with Crippen LogP contribution in [-0.2, 0) is 14.3 Å². The highest BCUT2D eigenvalue weighted by Gasteiger charge is 2.28. The maximum absolute atomic E-state index is 12.1. The van der Waals surface area contributed by atoms with E-state index in [1.165, 1.54) is 13.2 Å². The van der Waals surface area contributed by atoms with Crippen LogP contribution in [0.5, 0.6) is 11.5 Å². The first-order valence-electron chi connectivity index (χ1n) is 6.21. The number of methoxy groups -OCH3 is 1. The fourth-order valence-corrected chi connectivity index (χ4v) is 1.78. The third-order valence-corrected chi connectivity index (χ3v) is 2.88. The molecule has 2 rings (SSSR count). The summed E-state index contributed by atoms with van der Waals surface area (Å²) in [6.45, 7) is 3.67. The van der Waals surface area contributed by atoms with E-state index in [0.717, 1.165) is 0 Å². The third kappa shape index (κ3) is 2.84. The summed E-state index contributed by atoms with van der Waals surface area (Å²) in [6.07, 6.45) is -0.932. The molecule has 0 radical (unpaired) electrons. The summed E-state index contributed by atoms with van der Waals surface area (Å²) in [4.78, 5) is 23.6. The largest absolute Gasteiger partial charge is 0.466 e. The first-order chi connectivity index (χ1) is 9.52. The SMILES string of the molecule is COC(=O)C(OC(=O)c1ccc2c(c1)OCO2)C(C)C. The summed E-state index contributed by atoms with van der Waals surface area (Å²) in [6, 6.07) is 4.71. The van der Waals surface area contributed by atoms with Gasteiger partial charge in [0.2, 0.25) is 12.9 Å². The van der Waals surface area contributed by atoms with Gasteiger partial charge in [-0.25, -0.2) is 9.59 Å². The van der Waals surface area contributed by atoms with E-state index in [-0.39, 0.29) is 12.7 Å². The molecule has 6 heteroatoms. The van der Waals surface area contributed by atoms with Crippen molar-refractivity contribution >= 4 is 11.9 Å². The Morgan fingerprint density at radius 3 is 2.55 bits per heavy atom. The molecule has 1 heterocycles. The molecule has 0 bridgehead atoms. The molecule has 0 fully saturated rings. The zero-order chi connectivity index (χ0) is 14.7. The van der Waals surface area contributed by atoms with Crippen LogP contribution in [0.25, 0.3) is 0 Å². The number of esters is 2. The van der Waals surface area contributed by atoms with E-state index in [1.54, 1.807) is 26.0 Å². The summed E-state index contributed by atoms with van der Waals surface area (Å²) in [7, 11) is 1.26. The molecule has 1 atom stereocenters. The smallest absolute Gasteiger partial charge is 0.347 e. The topological polar surface area (TPSA) is 71.1 Å². The van der Waals surface area contributed by atoms with Crippen LogP contribution < -0.4 is 9.47 Å². The molecule has 1 unspecified atom stereocenters. The Bertz CT molecular complexity index is 522. The van der Waals surface area contributed by atoms with Crippen LogP contribution in [0.1, 0.15) is 24.2 Å². The van der Waals surface area contributed by atoms with Crippen molar-refractivity contribution in [3.05, 3.63) is 23.8 Å². The molecule has 20 heavy (non-hydrogen) atoms. The van der Waals surface area contributed by atoms with E-state index < -0.39 is 18.0 Å². The average Bonchev–Trinajstić information content (AvgIpc) is 2.90. The number of benzene rings is 1. The van der Waals surface area contributed by atoms with E-state index in [9.17, 15) is 9.59 Å². The number of ether oxygens (including phenoxy) is 4. The van der Waals surface area contributed by atoms with Crippen LogP contribution in [0.4, 0.5) is 0 Å². The molecular weight excluding hydrogens is 264 g/mol. The highest BCUT2D eigenvalue weighted by Crippen LogP contribution is 2.32. The van der Waals surface area contributed by atoms with Crippen molar-refractivity contribution < 1.29 is 28.5 Å². The van der Waals surface area contributed by atoms with Crippen LogP contribution in [0.2, 0.25) is 0 Å². The van der Waals surface area contributed by atoms with Gasteiger partial charge in [-0.3, -0.25) is 0 Å². The second-order valence-corrected chi connectivity index (χ2v) is 4.66. The Hall–Kier alpha value is -2.24. The molecular formula is C14H16O6. The molecule has 1 aromatic rings. The van der Waals surface area contributed by atoms with Crippen molar-refractivity contribution in [3.8, 4) is 11.5 Å². The number of hydrogen-bond acceptors (Lipinski definition) is 6. The van der Waals surface area contributed by atoms with Crippen molar-refractivity contribution in [1.29, 1.82) is 0 Å². The van der Waals surface area contributed by atoms with Gasteiger partial charge < -0.3 is 18.9 Å². The molecule has 0 spiro atoms. The maximum Gasteiger partial charge on any atom is 0.347 e. The van der Waals surface area contributed by atoms with E-state index >= 15 is 0 Å². The first-order valence-corrected chi connectivity index (χ1v) is 6.21. The van der Waals surface area contributed by atoms with Crippen LogP contribution in [0, 0.1) is 5.92 Å². The predicted molar refractivity (Wildman–Crippen MR) is 68.6 cm³/mol. The number of fused-ring (bicyclic) bond motifs is 1. The lowest BCUT2D eigenvalue weighted by atomic mass is 10.1. The van der Waals surface area contributed by atoms with E-state index in [4.69, 9.17) is 14.2 Å². The highest BCUT2D eigenvalue weighted by atomic mass is 16.7. The van der Waals surface area contributed by atoms with Gasteiger partial charge in [0.25, 0.3) is 0 Å². The van der Waals surface area contributed by atoms with Gasteiger partial charge in [-0.05, 0) is 18.2 Å². The van der Waals surface area contributed by atoms with Crippen molar-refractivity contribution in [3.63, 3.8) is 0 Å². The molecule has 108 valence electrons. The predicted octanol–water partition coefficient (Wildman–Crippen LogP) is 1.77. The lowest BCUT2D eigenvalue weighted by Crippen LogP contribution is -2.33. The Morgan fingerprint density at radius 1 is 1.20 bits per heavy atom. The highest BCUT2D eigenvalue weighted by molar-refractivity contribution is 5.92. The molecule has 0 amide bonds. The van der Waals surface area contributed by atoms with Gasteiger partial charge in [-0.15, -0.1) is 0 Å². The van der Waals surface area contributed by atoms with Gasteiger partial charge >= 0.3 is 11.9 Å². The van der Waals surface area contributed by atoms with Crippen molar-refractivity contribution in [2.45, 2.75) is 20.0 Å². The summed E-state index contributed by atoms with van der Waals surface area (Å²) in [5.74, 6) is -0.296. The Balaban J connectivity index is 2.12. The standard InChI is InChI=1S/C14H16O6/c1-8(2)12(14(16)17-3)20-13(15)9-4-5-10-11(6-9)19-7-18-10/h4-6,8,12H,7H2,1-3H3. The quantitative estimate of drug-likeness (QED) is 0.783. The summed E-state index contributed by atoms with van der Waals surface area (Å²) in [5, 5.41) is 0. The summed E-state index contributed by atoms with van der Waals surface area (Å²) < 4.78 is 20.2. The Labute approximate surface area is 116 Å². The zero-order valence-corrected chi connectivity index (χ0v) is 11.5. The number of carbonyl (C=O) groups is 2. The van der Waals surface area contributed by atoms with Crippen LogP contribution in [0.3, 0.4) is 0 Å². The normalized spacial score (nSPS) is 14.0. The summed E-state index contributed by atoms with van der Waals surface area (Å²) >= 11 is 0. The lowest BCUT2D eigenvalue weighted by molar-refractivity contribution is -0.153. The first kappa shape index (κ1) is 14.2. The fraction of sp³-hybridized carbons (Fsp3) is 0.429. The number of rotatable bonds is 4. The van der Waals surface area contributed by atoms with Crippen molar-refractivity contribution in [2.24, 2.45) is 5.92 Å². The Kier molecular flexibility index (Phi) is 4.12. The molecule has 1 aromatic carbocycles.